The largest absolute Gasteiger partial charge is 0.381 e. The molecule has 0 heterocycles. The first-order valence-electron chi connectivity index (χ1n) is 6.42. The van der Waals surface area contributed by atoms with Gasteiger partial charge in [-0.3, -0.25) is 5.32 Å². The second-order valence-electron chi connectivity index (χ2n) is 4.44. The molecule has 0 aromatic carbocycles. The van der Waals surface area contributed by atoms with Crippen LogP contribution in [0.25, 0.3) is 0 Å². The molecule has 1 N–H and O–H groups in total. The van der Waals surface area contributed by atoms with Crippen molar-refractivity contribution in [2.24, 2.45) is 0 Å². The maximum Gasteiger partial charge on any atom is 0.106 e. The standard InChI is InChI=1S/C13H26N2O/c1-4-6-7-10-16-11-8-13(3,12-14)15-9-5-2/h15H,4-11H2,1-3H3. The molecule has 16 heavy (non-hydrogen) atoms. The monoisotopic (exact) mass is 226 g/mol. The summed E-state index contributed by atoms with van der Waals surface area (Å²) in [6.45, 7) is 8.61. The van der Waals surface area contributed by atoms with E-state index in [2.05, 4.69) is 25.2 Å². The third-order valence-electron chi connectivity index (χ3n) is 2.65. The van der Waals surface area contributed by atoms with Gasteiger partial charge in [-0.1, -0.05) is 26.7 Å². The van der Waals surface area contributed by atoms with Crippen LogP contribution in [0.3, 0.4) is 0 Å². The van der Waals surface area contributed by atoms with E-state index in [1.165, 1.54) is 12.8 Å². The highest BCUT2D eigenvalue weighted by atomic mass is 16.5. The fourth-order valence-electron chi connectivity index (χ4n) is 1.42. The highest BCUT2D eigenvalue weighted by Gasteiger charge is 2.21. The van der Waals surface area contributed by atoms with E-state index in [4.69, 9.17) is 10.00 Å². The Labute approximate surface area is 100 Å². The number of hydrogen-bond donors (Lipinski definition) is 1. The highest BCUT2D eigenvalue weighted by molar-refractivity contribution is 5.03. The summed E-state index contributed by atoms with van der Waals surface area (Å²) in [5, 5.41) is 12.3. The van der Waals surface area contributed by atoms with Gasteiger partial charge < -0.3 is 4.74 Å². The Kier molecular flexibility index (Phi) is 9.27. The molecular formula is C13H26N2O. The topological polar surface area (TPSA) is 45.0 Å². The zero-order chi connectivity index (χ0) is 12.3. The van der Waals surface area contributed by atoms with Crippen molar-refractivity contribution in [1.82, 2.24) is 5.32 Å². The molecule has 0 radical (unpaired) electrons. The van der Waals surface area contributed by atoms with Crippen LogP contribution in [0.5, 0.6) is 0 Å². The summed E-state index contributed by atoms with van der Waals surface area (Å²) in [5.41, 5.74) is -0.430. The minimum absolute atomic E-state index is 0.430. The molecule has 0 aliphatic rings. The van der Waals surface area contributed by atoms with Gasteiger partial charge in [0, 0.05) is 19.6 Å². The Bertz CT molecular complexity index is 201. The average Bonchev–Trinajstić information content (AvgIpc) is 2.31. The van der Waals surface area contributed by atoms with Gasteiger partial charge in [0.2, 0.25) is 0 Å². The predicted molar refractivity (Wildman–Crippen MR) is 67.3 cm³/mol. The molecule has 0 aliphatic heterocycles. The van der Waals surface area contributed by atoms with Crippen molar-refractivity contribution in [3.63, 3.8) is 0 Å². The summed E-state index contributed by atoms with van der Waals surface area (Å²) in [4.78, 5) is 0. The minimum Gasteiger partial charge on any atom is -0.381 e. The van der Waals surface area contributed by atoms with Crippen molar-refractivity contribution >= 4 is 0 Å². The van der Waals surface area contributed by atoms with Crippen molar-refractivity contribution in [3.8, 4) is 6.07 Å². The normalized spacial score (nSPS) is 14.4. The molecule has 0 aromatic rings. The van der Waals surface area contributed by atoms with Gasteiger partial charge in [0.15, 0.2) is 0 Å². The van der Waals surface area contributed by atoms with E-state index in [9.17, 15) is 0 Å². The van der Waals surface area contributed by atoms with Crippen molar-refractivity contribution in [2.45, 2.75) is 58.4 Å². The van der Waals surface area contributed by atoms with Gasteiger partial charge >= 0.3 is 0 Å². The predicted octanol–water partition coefficient (Wildman–Crippen LogP) is 2.87. The number of nitrogens with zero attached hydrogens (tertiary/aromatic N) is 1. The zero-order valence-electron chi connectivity index (χ0n) is 11.0. The number of hydrogen-bond acceptors (Lipinski definition) is 3. The molecule has 0 aliphatic carbocycles. The Morgan fingerprint density at radius 2 is 1.94 bits per heavy atom. The highest BCUT2D eigenvalue weighted by Crippen LogP contribution is 2.08. The fraction of sp³-hybridized carbons (Fsp3) is 0.923. The van der Waals surface area contributed by atoms with E-state index in [0.717, 1.165) is 32.4 Å². The third-order valence-corrected chi connectivity index (χ3v) is 2.65. The van der Waals surface area contributed by atoms with Gasteiger partial charge in [-0.2, -0.15) is 5.26 Å². The first-order chi connectivity index (χ1) is 7.68. The fourth-order valence-corrected chi connectivity index (χ4v) is 1.42. The molecule has 3 heteroatoms. The van der Waals surface area contributed by atoms with E-state index in [1.807, 2.05) is 6.92 Å². The van der Waals surface area contributed by atoms with Crippen molar-refractivity contribution in [1.29, 1.82) is 5.26 Å². The Balaban J connectivity index is 3.58. The zero-order valence-corrected chi connectivity index (χ0v) is 11.0. The summed E-state index contributed by atoms with van der Waals surface area (Å²) < 4.78 is 5.52. The molecule has 0 bridgehead atoms. The molecule has 0 rings (SSSR count). The summed E-state index contributed by atoms with van der Waals surface area (Å²) in [6.07, 6.45) is 5.38. The molecule has 0 aromatic heterocycles. The lowest BCUT2D eigenvalue weighted by molar-refractivity contribution is 0.115. The van der Waals surface area contributed by atoms with Crippen LogP contribution in [0, 0.1) is 11.3 Å². The number of unbranched alkanes of at least 4 members (excludes halogenated alkanes) is 2. The second kappa shape index (κ2) is 9.62. The first-order valence-corrected chi connectivity index (χ1v) is 6.42. The van der Waals surface area contributed by atoms with Crippen LogP contribution in [-0.2, 0) is 4.74 Å². The molecule has 94 valence electrons. The maximum absolute atomic E-state index is 9.08. The molecule has 1 unspecified atom stereocenters. The molecule has 0 amide bonds. The minimum atomic E-state index is -0.430. The van der Waals surface area contributed by atoms with Gasteiger partial charge in [-0.05, 0) is 26.3 Å². The van der Waals surface area contributed by atoms with Crippen LogP contribution >= 0.6 is 0 Å². The summed E-state index contributed by atoms with van der Waals surface area (Å²) in [5.74, 6) is 0. The van der Waals surface area contributed by atoms with Crippen LogP contribution in [0.15, 0.2) is 0 Å². The first kappa shape index (κ1) is 15.4. The van der Waals surface area contributed by atoms with Gasteiger partial charge in [-0.15, -0.1) is 0 Å². The van der Waals surface area contributed by atoms with E-state index in [1.54, 1.807) is 0 Å². The number of rotatable bonds is 10. The van der Waals surface area contributed by atoms with Crippen LogP contribution in [-0.4, -0.2) is 25.3 Å². The van der Waals surface area contributed by atoms with Crippen molar-refractivity contribution < 1.29 is 4.74 Å². The molecule has 1 atom stereocenters. The van der Waals surface area contributed by atoms with Crippen LogP contribution in [0.1, 0.15) is 52.9 Å². The Hall–Kier alpha value is -0.590. The van der Waals surface area contributed by atoms with Crippen LogP contribution in [0.4, 0.5) is 0 Å². The quantitative estimate of drug-likeness (QED) is 0.583. The summed E-state index contributed by atoms with van der Waals surface area (Å²) >= 11 is 0. The van der Waals surface area contributed by atoms with E-state index < -0.39 is 5.54 Å². The van der Waals surface area contributed by atoms with Crippen LogP contribution < -0.4 is 5.32 Å². The molecule has 0 spiro atoms. The smallest absolute Gasteiger partial charge is 0.106 e. The summed E-state index contributed by atoms with van der Waals surface area (Å²) in [6, 6.07) is 2.32. The van der Waals surface area contributed by atoms with E-state index in [-0.39, 0.29) is 0 Å². The number of nitriles is 1. The van der Waals surface area contributed by atoms with Crippen molar-refractivity contribution in [3.05, 3.63) is 0 Å². The number of nitrogens with one attached hydrogen (secondary N) is 1. The maximum atomic E-state index is 9.08. The molecule has 0 fully saturated rings. The van der Waals surface area contributed by atoms with Gasteiger partial charge in [-0.25, -0.2) is 0 Å². The Morgan fingerprint density at radius 1 is 1.19 bits per heavy atom. The molecule has 0 saturated heterocycles. The van der Waals surface area contributed by atoms with E-state index >= 15 is 0 Å². The molecule has 0 saturated carbocycles. The van der Waals surface area contributed by atoms with E-state index in [0.29, 0.717) is 6.61 Å². The molecule has 3 nitrogen and oxygen atoms in total. The molecular weight excluding hydrogens is 200 g/mol. The van der Waals surface area contributed by atoms with Crippen LogP contribution in [0.2, 0.25) is 0 Å². The Morgan fingerprint density at radius 3 is 2.50 bits per heavy atom. The number of ether oxygens (including phenoxy) is 1. The van der Waals surface area contributed by atoms with Crippen molar-refractivity contribution in [2.75, 3.05) is 19.8 Å². The lowest BCUT2D eigenvalue weighted by Gasteiger charge is -2.22. The van der Waals surface area contributed by atoms with Gasteiger partial charge in [0.05, 0.1) is 6.07 Å². The lowest BCUT2D eigenvalue weighted by atomic mass is 10.0. The SMILES string of the molecule is CCCCCOCCC(C)(C#N)NCCC. The van der Waals surface area contributed by atoms with Gasteiger partial charge in [0.1, 0.15) is 5.54 Å². The lowest BCUT2D eigenvalue weighted by Crippen LogP contribution is -2.42. The summed E-state index contributed by atoms with van der Waals surface area (Å²) in [7, 11) is 0. The second-order valence-corrected chi connectivity index (χ2v) is 4.44. The van der Waals surface area contributed by atoms with Gasteiger partial charge in [0.25, 0.3) is 0 Å². The third kappa shape index (κ3) is 7.67. The average molecular weight is 226 g/mol.